The quantitative estimate of drug-likeness (QED) is 0.665. The molecular weight excluding hydrogens is 330 g/mol. The van der Waals surface area contributed by atoms with Gasteiger partial charge in [-0.3, -0.25) is 19.1 Å². The van der Waals surface area contributed by atoms with Crippen LogP contribution in [0.2, 0.25) is 0 Å². The Morgan fingerprint density at radius 1 is 1.32 bits per heavy atom. The van der Waals surface area contributed by atoms with Gasteiger partial charge in [0.05, 0.1) is 17.5 Å². The molecule has 0 spiro atoms. The molecule has 0 aliphatic carbocycles. The van der Waals surface area contributed by atoms with Gasteiger partial charge in [0.25, 0.3) is 5.56 Å². The topological polar surface area (TPSA) is 130 Å². The van der Waals surface area contributed by atoms with Crippen LogP contribution in [0.25, 0.3) is 10.9 Å². The van der Waals surface area contributed by atoms with Crippen molar-refractivity contribution in [1.82, 2.24) is 14.9 Å². The van der Waals surface area contributed by atoms with Crippen LogP contribution >= 0.6 is 0 Å². The molecule has 9 heteroatoms. The number of aromatic nitrogens is 2. The number of hydrogen-bond donors (Lipinski definition) is 3. The first-order valence-electron chi connectivity index (χ1n) is 7.77. The number of aromatic amines is 1. The number of nitrogens with one attached hydrogen (secondary N) is 2. The molecule has 0 radical (unpaired) electrons. The van der Waals surface area contributed by atoms with Gasteiger partial charge in [-0.15, -0.1) is 0 Å². The van der Waals surface area contributed by atoms with E-state index in [9.17, 15) is 24.3 Å². The molecule has 1 aromatic carbocycles. The summed E-state index contributed by atoms with van der Waals surface area (Å²) in [5.74, 6) is -1.65. The van der Waals surface area contributed by atoms with Crippen LogP contribution in [0.3, 0.4) is 0 Å². The lowest BCUT2D eigenvalue weighted by Gasteiger charge is -2.23. The largest absolute Gasteiger partial charge is 0.479 e. The van der Waals surface area contributed by atoms with E-state index in [1.165, 1.54) is 4.57 Å². The molecule has 1 fully saturated rings. The third-order valence-corrected chi connectivity index (χ3v) is 4.28. The van der Waals surface area contributed by atoms with Crippen molar-refractivity contribution in [2.45, 2.75) is 24.9 Å². The van der Waals surface area contributed by atoms with Gasteiger partial charge in [-0.1, -0.05) is 12.1 Å². The number of fused-ring (bicyclic) bond motifs is 1. The fourth-order valence-corrected chi connectivity index (χ4v) is 2.89. The third kappa shape index (κ3) is 3.18. The Bertz CT molecular complexity index is 939. The molecule has 3 N–H and O–H groups in total. The van der Waals surface area contributed by atoms with E-state index in [-0.39, 0.29) is 32.6 Å². The Morgan fingerprint density at radius 3 is 2.76 bits per heavy atom. The SMILES string of the molecule is O=C(CCn1c(=O)[nH]c(=O)c2ccccc21)NC1(C(=O)O)CCOC1. The average Bonchev–Trinajstić information content (AvgIpc) is 3.04. The van der Waals surface area contributed by atoms with Gasteiger partial charge in [0, 0.05) is 26.0 Å². The van der Waals surface area contributed by atoms with Crippen molar-refractivity contribution in [2.24, 2.45) is 0 Å². The molecule has 2 aromatic rings. The van der Waals surface area contributed by atoms with Crippen LogP contribution in [0.5, 0.6) is 0 Å². The summed E-state index contributed by atoms with van der Waals surface area (Å²) >= 11 is 0. The first-order chi connectivity index (χ1) is 11.9. The number of carbonyl (C=O) groups excluding carboxylic acids is 1. The highest BCUT2D eigenvalue weighted by molar-refractivity contribution is 5.87. The number of ether oxygens (including phenoxy) is 1. The van der Waals surface area contributed by atoms with Crippen molar-refractivity contribution in [2.75, 3.05) is 13.2 Å². The van der Waals surface area contributed by atoms with Crippen LogP contribution in [0.4, 0.5) is 0 Å². The molecule has 1 amide bonds. The van der Waals surface area contributed by atoms with Gasteiger partial charge in [0.1, 0.15) is 0 Å². The standard InChI is InChI=1S/C16H17N3O6/c20-12(18-16(14(22)23)6-8-25-9-16)5-7-19-11-4-2-1-3-10(11)13(21)17-15(19)24/h1-4H,5-9H2,(H,18,20)(H,22,23)(H,17,21,24). The van der Waals surface area contributed by atoms with Gasteiger partial charge >= 0.3 is 11.7 Å². The number of rotatable bonds is 5. The van der Waals surface area contributed by atoms with Crippen molar-refractivity contribution in [3.8, 4) is 0 Å². The van der Waals surface area contributed by atoms with E-state index in [0.29, 0.717) is 10.9 Å². The monoisotopic (exact) mass is 347 g/mol. The zero-order valence-corrected chi connectivity index (χ0v) is 13.3. The summed E-state index contributed by atoms with van der Waals surface area (Å²) in [4.78, 5) is 49.7. The molecule has 132 valence electrons. The molecule has 2 heterocycles. The minimum absolute atomic E-state index is 0.0124. The maximum absolute atomic E-state index is 12.2. The number of carbonyl (C=O) groups is 2. The highest BCUT2D eigenvalue weighted by atomic mass is 16.5. The highest BCUT2D eigenvalue weighted by Crippen LogP contribution is 2.19. The predicted molar refractivity (Wildman–Crippen MR) is 87.4 cm³/mol. The van der Waals surface area contributed by atoms with Crippen molar-refractivity contribution >= 4 is 22.8 Å². The van der Waals surface area contributed by atoms with Gasteiger partial charge in [0.2, 0.25) is 5.91 Å². The maximum atomic E-state index is 12.2. The van der Waals surface area contributed by atoms with Crippen molar-refractivity contribution < 1.29 is 19.4 Å². The lowest BCUT2D eigenvalue weighted by atomic mass is 9.99. The van der Waals surface area contributed by atoms with Crippen LogP contribution in [0.15, 0.2) is 33.9 Å². The molecule has 1 atom stereocenters. The second kappa shape index (κ2) is 6.52. The van der Waals surface area contributed by atoms with E-state index in [0.717, 1.165) is 0 Å². The van der Waals surface area contributed by atoms with E-state index < -0.39 is 28.7 Å². The molecule has 3 rings (SSSR count). The summed E-state index contributed by atoms with van der Waals surface area (Å²) in [5.41, 5.74) is -2.11. The maximum Gasteiger partial charge on any atom is 0.331 e. The Morgan fingerprint density at radius 2 is 2.08 bits per heavy atom. The summed E-state index contributed by atoms with van der Waals surface area (Å²) in [7, 11) is 0. The van der Waals surface area contributed by atoms with Crippen LogP contribution in [0.1, 0.15) is 12.8 Å². The molecule has 1 saturated heterocycles. The zero-order chi connectivity index (χ0) is 18.0. The number of amides is 1. The first kappa shape index (κ1) is 16.9. The number of para-hydroxylation sites is 1. The number of aryl methyl sites for hydroxylation is 1. The second-order valence-electron chi connectivity index (χ2n) is 5.92. The summed E-state index contributed by atoms with van der Waals surface area (Å²) in [6.07, 6.45) is 0.0839. The van der Waals surface area contributed by atoms with Crippen molar-refractivity contribution in [1.29, 1.82) is 0 Å². The zero-order valence-electron chi connectivity index (χ0n) is 13.3. The molecule has 1 aliphatic heterocycles. The molecule has 0 bridgehead atoms. The number of H-pyrrole nitrogens is 1. The van der Waals surface area contributed by atoms with Crippen LogP contribution in [0, 0.1) is 0 Å². The lowest BCUT2D eigenvalue weighted by Crippen LogP contribution is -2.55. The molecule has 25 heavy (non-hydrogen) atoms. The summed E-state index contributed by atoms with van der Waals surface area (Å²) in [6, 6.07) is 6.57. The second-order valence-corrected chi connectivity index (χ2v) is 5.92. The van der Waals surface area contributed by atoms with Gasteiger partial charge in [0.15, 0.2) is 5.54 Å². The molecule has 0 saturated carbocycles. The molecule has 1 aliphatic rings. The van der Waals surface area contributed by atoms with Crippen molar-refractivity contribution in [3.05, 3.63) is 45.1 Å². The summed E-state index contributed by atoms with van der Waals surface area (Å²) in [5, 5.41) is 12.2. The van der Waals surface area contributed by atoms with E-state index in [1.807, 2.05) is 0 Å². The Balaban J connectivity index is 1.79. The Kier molecular flexibility index (Phi) is 4.41. The highest BCUT2D eigenvalue weighted by Gasteiger charge is 2.43. The fraction of sp³-hybridized carbons (Fsp3) is 0.375. The first-order valence-corrected chi connectivity index (χ1v) is 7.77. The van der Waals surface area contributed by atoms with Crippen LogP contribution < -0.4 is 16.6 Å². The molecule has 9 nitrogen and oxygen atoms in total. The number of benzene rings is 1. The van der Waals surface area contributed by atoms with Gasteiger partial charge in [-0.25, -0.2) is 9.59 Å². The van der Waals surface area contributed by atoms with Gasteiger partial charge in [-0.2, -0.15) is 0 Å². The van der Waals surface area contributed by atoms with Gasteiger partial charge in [-0.05, 0) is 12.1 Å². The minimum atomic E-state index is -1.42. The number of aliphatic carboxylic acids is 1. The summed E-state index contributed by atoms with van der Waals surface area (Å²) < 4.78 is 6.37. The van der Waals surface area contributed by atoms with Crippen LogP contribution in [-0.4, -0.2) is 45.3 Å². The Labute approximate surface area is 141 Å². The van der Waals surface area contributed by atoms with Crippen molar-refractivity contribution in [3.63, 3.8) is 0 Å². The minimum Gasteiger partial charge on any atom is -0.479 e. The van der Waals surface area contributed by atoms with E-state index >= 15 is 0 Å². The lowest BCUT2D eigenvalue weighted by molar-refractivity contribution is -0.147. The van der Waals surface area contributed by atoms with Gasteiger partial charge < -0.3 is 15.2 Å². The Hall–Kier alpha value is -2.94. The summed E-state index contributed by atoms with van der Waals surface area (Å²) in [6.45, 7) is 0.185. The number of carboxylic acid groups (broad SMARTS) is 1. The number of hydrogen-bond acceptors (Lipinski definition) is 5. The third-order valence-electron chi connectivity index (χ3n) is 4.28. The van der Waals surface area contributed by atoms with Crippen LogP contribution in [-0.2, 0) is 20.9 Å². The van der Waals surface area contributed by atoms with E-state index in [1.54, 1.807) is 24.3 Å². The fourth-order valence-electron chi connectivity index (χ4n) is 2.89. The molecular formula is C16H17N3O6. The normalized spacial score (nSPS) is 19.8. The number of carboxylic acids is 1. The van der Waals surface area contributed by atoms with E-state index in [2.05, 4.69) is 10.3 Å². The smallest absolute Gasteiger partial charge is 0.331 e. The molecule has 1 aromatic heterocycles. The number of nitrogens with zero attached hydrogens (tertiary/aromatic N) is 1. The predicted octanol–water partition coefficient (Wildman–Crippen LogP) is -0.560. The average molecular weight is 347 g/mol. The van der Waals surface area contributed by atoms with E-state index in [4.69, 9.17) is 4.74 Å². The molecule has 1 unspecified atom stereocenters.